The summed E-state index contributed by atoms with van der Waals surface area (Å²) in [6.07, 6.45) is 0. The van der Waals surface area contributed by atoms with Crippen molar-refractivity contribution in [3.63, 3.8) is 0 Å². The van der Waals surface area contributed by atoms with Crippen LogP contribution in [0.25, 0.3) is 0 Å². The number of benzene rings is 1. The van der Waals surface area contributed by atoms with Crippen molar-refractivity contribution < 1.29 is 14.3 Å². The molecular weight excluding hydrogens is 232 g/mol. The molecule has 5 heteroatoms. The number of carbonyl (C=O) groups is 2. The number of methoxy groups -OCH3 is 1. The van der Waals surface area contributed by atoms with E-state index in [9.17, 15) is 9.59 Å². The third-order valence-corrected chi connectivity index (χ3v) is 2.59. The first-order valence-corrected chi connectivity index (χ1v) is 5.54. The third kappa shape index (κ3) is 2.25. The summed E-state index contributed by atoms with van der Waals surface area (Å²) in [4.78, 5) is 27.8. The van der Waals surface area contributed by atoms with Crippen LogP contribution >= 0.6 is 0 Å². The van der Waals surface area contributed by atoms with Crippen molar-refractivity contribution in [2.24, 2.45) is 4.99 Å². The Balaban J connectivity index is 2.29. The highest BCUT2D eigenvalue weighted by atomic mass is 16.5. The lowest BCUT2D eigenvalue weighted by atomic mass is 10.1. The highest BCUT2D eigenvalue weighted by Crippen LogP contribution is 2.16. The van der Waals surface area contributed by atoms with E-state index in [1.54, 1.807) is 45.2 Å². The van der Waals surface area contributed by atoms with Gasteiger partial charge >= 0.3 is 0 Å². The number of nitrogens with one attached hydrogen (secondary N) is 1. The second-order valence-electron chi connectivity index (χ2n) is 4.53. The molecule has 0 saturated carbocycles. The first-order valence-electron chi connectivity index (χ1n) is 5.54. The van der Waals surface area contributed by atoms with Gasteiger partial charge in [-0.1, -0.05) is 0 Å². The molecule has 1 N–H and O–H groups in total. The van der Waals surface area contributed by atoms with Gasteiger partial charge < -0.3 is 10.1 Å². The number of rotatable bonds is 3. The van der Waals surface area contributed by atoms with Crippen molar-refractivity contribution in [1.29, 1.82) is 0 Å². The second-order valence-corrected chi connectivity index (χ2v) is 4.53. The average molecular weight is 246 g/mol. The van der Waals surface area contributed by atoms with Crippen LogP contribution in [0.3, 0.4) is 0 Å². The molecule has 0 fully saturated rings. The molecule has 94 valence electrons. The normalized spacial score (nSPS) is 17.1. The van der Waals surface area contributed by atoms with E-state index in [0.29, 0.717) is 11.3 Å². The molecule has 1 aliphatic rings. The van der Waals surface area contributed by atoms with Crippen LogP contribution in [0.5, 0.6) is 5.75 Å². The number of amides is 1. The van der Waals surface area contributed by atoms with Crippen LogP contribution in [0.2, 0.25) is 0 Å². The molecule has 1 aromatic carbocycles. The van der Waals surface area contributed by atoms with Crippen LogP contribution in [0.15, 0.2) is 29.3 Å². The summed E-state index contributed by atoms with van der Waals surface area (Å²) < 4.78 is 5.01. The molecule has 0 aliphatic carbocycles. The van der Waals surface area contributed by atoms with Crippen molar-refractivity contribution in [2.45, 2.75) is 19.5 Å². The molecule has 0 radical (unpaired) electrons. The van der Waals surface area contributed by atoms with Gasteiger partial charge in [0.1, 0.15) is 11.4 Å². The summed E-state index contributed by atoms with van der Waals surface area (Å²) in [6.45, 7) is 3.47. The van der Waals surface area contributed by atoms with Crippen LogP contribution in [0, 0.1) is 0 Å². The Kier molecular flexibility index (Phi) is 2.90. The highest BCUT2D eigenvalue weighted by molar-refractivity contribution is 6.69. The Hall–Kier alpha value is -2.17. The number of hydrogen-bond donors (Lipinski definition) is 1. The number of carbonyl (C=O) groups excluding carboxylic acids is 2. The summed E-state index contributed by atoms with van der Waals surface area (Å²) in [5, 5.41) is 2.63. The maximum atomic E-state index is 12.1. The van der Waals surface area contributed by atoms with Crippen LogP contribution in [-0.4, -0.2) is 30.2 Å². The van der Waals surface area contributed by atoms with Gasteiger partial charge in [0.05, 0.1) is 7.11 Å². The third-order valence-electron chi connectivity index (χ3n) is 2.59. The molecule has 0 atom stereocenters. The van der Waals surface area contributed by atoms with E-state index in [0.717, 1.165) is 0 Å². The molecule has 2 rings (SSSR count). The van der Waals surface area contributed by atoms with E-state index in [1.807, 2.05) is 0 Å². The minimum atomic E-state index is -0.714. The maximum absolute atomic E-state index is 12.1. The minimum Gasteiger partial charge on any atom is -0.497 e. The fourth-order valence-electron chi connectivity index (χ4n) is 1.73. The van der Waals surface area contributed by atoms with Crippen LogP contribution in [-0.2, 0) is 4.79 Å². The monoisotopic (exact) mass is 246 g/mol. The smallest absolute Gasteiger partial charge is 0.275 e. The van der Waals surface area contributed by atoms with Gasteiger partial charge in [0.25, 0.3) is 5.91 Å². The van der Waals surface area contributed by atoms with Gasteiger partial charge in [-0.15, -0.1) is 0 Å². The molecule has 0 bridgehead atoms. The molecule has 0 saturated heterocycles. The van der Waals surface area contributed by atoms with Crippen molar-refractivity contribution >= 4 is 17.4 Å². The summed E-state index contributed by atoms with van der Waals surface area (Å²) in [5.41, 5.74) is -0.346. The van der Waals surface area contributed by atoms with E-state index < -0.39 is 11.6 Å². The molecule has 0 spiro atoms. The molecule has 5 nitrogen and oxygen atoms in total. The van der Waals surface area contributed by atoms with E-state index in [1.165, 1.54) is 0 Å². The zero-order valence-electron chi connectivity index (χ0n) is 10.5. The summed E-state index contributed by atoms with van der Waals surface area (Å²) in [5.74, 6) is -0.147. The summed E-state index contributed by atoms with van der Waals surface area (Å²) in [6, 6.07) is 6.57. The summed E-state index contributed by atoms with van der Waals surface area (Å²) in [7, 11) is 1.55. The van der Waals surface area contributed by atoms with Gasteiger partial charge in [0, 0.05) is 5.56 Å². The number of ether oxygens (including phenoxy) is 1. The molecule has 1 aromatic rings. The number of Topliss-reactive ketones (excluding diaryl/α,β-unsaturated/α-hetero) is 1. The first-order chi connectivity index (χ1) is 8.43. The zero-order valence-corrected chi connectivity index (χ0v) is 10.5. The Morgan fingerprint density at radius 3 is 2.33 bits per heavy atom. The van der Waals surface area contributed by atoms with E-state index in [4.69, 9.17) is 4.74 Å². The molecule has 18 heavy (non-hydrogen) atoms. The minimum absolute atomic E-state index is 0.0508. The van der Waals surface area contributed by atoms with E-state index >= 15 is 0 Å². The Labute approximate surface area is 105 Å². The van der Waals surface area contributed by atoms with E-state index in [-0.39, 0.29) is 11.5 Å². The standard InChI is InChI=1S/C13H14N2O3/c1-13(2)14-10(12(17)15-13)11(16)8-4-6-9(18-3)7-5-8/h4-7H,1-3H3,(H,15,17). The zero-order chi connectivity index (χ0) is 13.3. The first kappa shape index (κ1) is 12.3. The lowest BCUT2D eigenvalue weighted by Gasteiger charge is -2.12. The molecular formula is C13H14N2O3. The second kappa shape index (κ2) is 4.25. The van der Waals surface area contributed by atoms with Gasteiger partial charge in [-0.25, -0.2) is 4.99 Å². The predicted molar refractivity (Wildman–Crippen MR) is 67.0 cm³/mol. The van der Waals surface area contributed by atoms with Crippen molar-refractivity contribution in [1.82, 2.24) is 5.32 Å². The Morgan fingerprint density at radius 1 is 1.28 bits per heavy atom. The SMILES string of the molecule is COc1ccc(C(=O)C2=NC(C)(C)NC2=O)cc1. The lowest BCUT2D eigenvalue weighted by Crippen LogP contribution is -2.37. The molecule has 0 aromatic heterocycles. The lowest BCUT2D eigenvalue weighted by molar-refractivity contribution is -0.115. The number of aliphatic imine (C=N–C) groups is 1. The largest absolute Gasteiger partial charge is 0.497 e. The van der Waals surface area contributed by atoms with Gasteiger partial charge in [0.15, 0.2) is 5.71 Å². The number of ketones is 1. The van der Waals surface area contributed by atoms with Crippen LogP contribution < -0.4 is 10.1 Å². The molecule has 1 heterocycles. The average Bonchev–Trinajstić information content (AvgIpc) is 2.62. The topological polar surface area (TPSA) is 67.8 Å². The Bertz CT molecular complexity index is 530. The van der Waals surface area contributed by atoms with Gasteiger partial charge in [-0.3, -0.25) is 9.59 Å². The van der Waals surface area contributed by atoms with Crippen molar-refractivity contribution in [3.8, 4) is 5.75 Å². The van der Waals surface area contributed by atoms with Crippen molar-refractivity contribution in [2.75, 3.05) is 7.11 Å². The Morgan fingerprint density at radius 2 is 1.89 bits per heavy atom. The fraction of sp³-hybridized carbons (Fsp3) is 0.308. The number of hydrogen-bond acceptors (Lipinski definition) is 4. The molecule has 1 aliphatic heterocycles. The van der Waals surface area contributed by atoms with Gasteiger partial charge in [-0.05, 0) is 38.1 Å². The summed E-state index contributed by atoms with van der Waals surface area (Å²) >= 11 is 0. The van der Waals surface area contributed by atoms with E-state index in [2.05, 4.69) is 10.3 Å². The number of nitrogens with zero attached hydrogens (tertiary/aromatic N) is 1. The van der Waals surface area contributed by atoms with Gasteiger partial charge in [-0.2, -0.15) is 0 Å². The van der Waals surface area contributed by atoms with Crippen molar-refractivity contribution in [3.05, 3.63) is 29.8 Å². The predicted octanol–water partition coefficient (Wildman–Crippen LogP) is 1.18. The van der Waals surface area contributed by atoms with Gasteiger partial charge in [0.2, 0.25) is 5.78 Å². The van der Waals surface area contributed by atoms with Crippen LogP contribution in [0.4, 0.5) is 0 Å². The molecule has 1 amide bonds. The van der Waals surface area contributed by atoms with Crippen LogP contribution in [0.1, 0.15) is 24.2 Å². The quantitative estimate of drug-likeness (QED) is 0.814. The fourth-order valence-corrected chi connectivity index (χ4v) is 1.73. The maximum Gasteiger partial charge on any atom is 0.275 e. The molecule has 0 unspecified atom stereocenters. The highest BCUT2D eigenvalue weighted by Gasteiger charge is 2.34.